The first-order valence-corrected chi connectivity index (χ1v) is 12.2. The van der Waals surface area contributed by atoms with E-state index in [-0.39, 0.29) is 24.0 Å². The molecule has 1 aromatic carbocycles. The molecule has 0 radical (unpaired) electrons. The molecule has 3 aromatic rings. The van der Waals surface area contributed by atoms with Crippen LogP contribution < -0.4 is 16.0 Å². The average Bonchev–Trinajstić information content (AvgIpc) is 3.29. The van der Waals surface area contributed by atoms with Gasteiger partial charge in [0.05, 0.1) is 29.1 Å². The zero-order valence-electron chi connectivity index (χ0n) is 17.0. The van der Waals surface area contributed by atoms with E-state index < -0.39 is 27.4 Å². The average molecular weight is 477 g/mol. The Balaban J connectivity index is 1.58. The summed E-state index contributed by atoms with van der Waals surface area (Å²) < 4.78 is 29.0. The summed E-state index contributed by atoms with van der Waals surface area (Å²) >= 11 is 1.38. The van der Waals surface area contributed by atoms with E-state index in [2.05, 4.69) is 10.3 Å². The first-order valence-electron chi connectivity index (χ1n) is 9.79. The third-order valence-corrected chi connectivity index (χ3v) is 7.26. The standard InChI is InChI=1S/C20H20N4O6S2/c1-2-30-20(27)13-7-8-14-16(13)17-18(31-14)22-10-24(19(17)26)9-15(25)23-11-3-5-12(6-4-11)32(21,28)29/h3-6,10,13H,2,7-9H2,1H3,(H,23,25)(H2,21,28,29)/t13-/m1/s1. The fourth-order valence-electron chi connectivity index (χ4n) is 3.74. The van der Waals surface area contributed by atoms with Crippen LogP contribution in [0.2, 0.25) is 0 Å². The number of ether oxygens (including phenoxy) is 1. The maximum Gasteiger partial charge on any atom is 0.313 e. The Kier molecular flexibility index (Phi) is 5.84. The highest BCUT2D eigenvalue weighted by Gasteiger charge is 2.35. The van der Waals surface area contributed by atoms with Crippen LogP contribution in [0.15, 0.2) is 40.3 Å². The Hall–Kier alpha value is -3.09. The number of thiophene rings is 1. The van der Waals surface area contributed by atoms with Crippen LogP contribution in [0, 0.1) is 0 Å². The zero-order chi connectivity index (χ0) is 23.0. The van der Waals surface area contributed by atoms with Crippen LogP contribution in [-0.4, -0.2) is 36.5 Å². The molecule has 0 bridgehead atoms. The van der Waals surface area contributed by atoms with Crippen molar-refractivity contribution in [1.29, 1.82) is 0 Å². The van der Waals surface area contributed by atoms with Crippen LogP contribution in [-0.2, 0) is 37.3 Å². The molecule has 0 aliphatic heterocycles. The van der Waals surface area contributed by atoms with Crippen molar-refractivity contribution in [2.45, 2.75) is 37.1 Å². The van der Waals surface area contributed by atoms with E-state index in [4.69, 9.17) is 9.88 Å². The Bertz CT molecular complexity index is 1380. The fourth-order valence-corrected chi connectivity index (χ4v) is 5.46. The molecule has 168 valence electrons. The van der Waals surface area contributed by atoms with Gasteiger partial charge in [-0.2, -0.15) is 0 Å². The lowest BCUT2D eigenvalue weighted by atomic mass is 10.0. The van der Waals surface area contributed by atoms with Gasteiger partial charge >= 0.3 is 5.97 Å². The third kappa shape index (κ3) is 4.16. The normalized spacial score (nSPS) is 15.5. The summed E-state index contributed by atoms with van der Waals surface area (Å²) in [5, 5.41) is 8.01. The van der Waals surface area contributed by atoms with Crippen molar-refractivity contribution in [3.8, 4) is 0 Å². The number of aromatic nitrogens is 2. The SMILES string of the molecule is CCOC(=O)[C@@H]1CCc2sc3ncn(CC(=O)Nc4ccc(S(N)(=O)=O)cc4)c(=O)c3c21. The van der Waals surface area contributed by atoms with E-state index >= 15 is 0 Å². The Morgan fingerprint density at radius 2 is 2.03 bits per heavy atom. The van der Waals surface area contributed by atoms with E-state index in [0.717, 1.165) is 4.88 Å². The third-order valence-electron chi connectivity index (χ3n) is 5.15. The van der Waals surface area contributed by atoms with Gasteiger partial charge in [0.25, 0.3) is 5.56 Å². The first-order chi connectivity index (χ1) is 15.2. The maximum atomic E-state index is 13.1. The number of fused-ring (bicyclic) bond motifs is 3. The number of carbonyl (C=O) groups is 2. The molecule has 0 fully saturated rings. The Morgan fingerprint density at radius 3 is 2.69 bits per heavy atom. The van der Waals surface area contributed by atoms with E-state index in [1.165, 1.54) is 46.5 Å². The molecule has 0 saturated carbocycles. The van der Waals surface area contributed by atoms with Crippen molar-refractivity contribution in [1.82, 2.24) is 9.55 Å². The number of amides is 1. The van der Waals surface area contributed by atoms with Gasteiger partial charge in [0.15, 0.2) is 0 Å². The number of primary sulfonamides is 1. The molecular formula is C20H20N4O6S2. The van der Waals surface area contributed by atoms with Crippen molar-refractivity contribution in [3.63, 3.8) is 0 Å². The van der Waals surface area contributed by atoms with Crippen LogP contribution in [0.5, 0.6) is 0 Å². The van der Waals surface area contributed by atoms with Crippen molar-refractivity contribution in [2.24, 2.45) is 5.14 Å². The molecule has 1 aliphatic carbocycles. The molecule has 0 saturated heterocycles. The number of aryl methyl sites for hydroxylation is 1. The number of nitrogens with one attached hydrogen (secondary N) is 1. The molecule has 1 atom stereocenters. The van der Waals surface area contributed by atoms with Crippen LogP contribution in [0.25, 0.3) is 10.2 Å². The molecular weight excluding hydrogens is 456 g/mol. The Labute approximate surface area is 187 Å². The van der Waals surface area contributed by atoms with Gasteiger partial charge in [0.2, 0.25) is 15.9 Å². The minimum Gasteiger partial charge on any atom is -0.466 e. The number of carbonyl (C=O) groups excluding carboxylic acids is 2. The minimum atomic E-state index is -3.84. The van der Waals surface area contributed by atoms with Gasteiger partial charge < -0.3 is 10.1 Å². The van der Waals surface area contributed by atoms with Crippen molar-refractivity contribution >= 4 is 49.1 Å². The molecule has 32 heavy (non-hydrogen) atoms. The van der Waals surface area contributed by atoms with Gasteiger partial charge in [0, 0.05) is 10.6 Å². The van der Waals surface area contributed by atoms with Gasteiger partial charge in [-0.3, -0.25) is 19.0 Å². The molecule has 3 N–H and O–H groups in total. The smallest absolute Gasteiger partial charge is 0.313 e. The highest BCUT2D eigenvalue weighted by molar-refractivity contribution is 7.89. The van der Waals surface area contributed by atoms with Crippen molar-refractivity contribution < 1.29 is 22.7 Å². The van der Waals surface area contributed by atoms with Gasteiger partial charge in [-0.25, -0.2) is 18.5 Å². The molecule has 2 heterocycles. The number of rotatable bonds is 6. The minimum absolute atomic E-state index is 0.0798. The van der Waals surface area contributed by atoms with Gasteiger partial charge in [-0.1, -0.05) is 0 Å². The molecule has 0 spiro atoms. The van der Waals surface area contributed by atoms with Crippen LogP contribution >= 0.6 is 11.3 Å². The summed E-state index contributed by atoms with van der Waals surface area (Å²) in [4.78, 5) is 43.7. The number of anilines is 1. The molecule has 12 heteroatoms. The molecule has 1 aliphatic rings. The van der Waals surface area contributed by atoms with E-state index in [1.807, 2.05) is 0 Å². The lowest BCUT2D eigenvalue weighted by Crippen LogP contribution is -2.28. The van der Waals surface area contributed by atoms with Crippen LogP contribution in [0.1, 0.15) is 29.7 Å². The molecule has 4 rings (SSSR count). The van der Waals surface area contributed by atoms with E-state index in [9.17, 15) is 22.8 Å². The number of hydrogen-bond donors (Lipinski definition) is 2. The number of esters is 1. The highest BCUT2D eigenvalue weighted by atomic mass is 32.2. The van der Waals surface area contributed by atoms with Gasteiger partial charge in [0.1, 0.15) is 11.4 Å². The largest absolute Gasteiger partial charge is 0.466 e. The summed E-state index contributed by atoms with van der Waals surface area (Å²) in [5.41, 5.74) is 0.612. The lowest BCUT2D eigenvalue weighted by Gasteiger charge is -2.11. The van der Waals surface area contributed by atoms with E-state index in [0.29, 0.717) is 34.3 Å². The van der Waals surface area contributed by atoms with Gasteiger partial charge in [-0.05, 0) is 49.6 Å². The summed E-state index contributed by atoms with van der Waals surface area (Å²) in [6.07, 6.45) is 2.56. The Morgan fingerprint density at radius 1 is 1.31 bits per heavy atom. The summed E-state index contributed by atoms with van der Waals surface area (Å²) in [5.74, 6) is -1.36. The highest BCUT2D eigenvalue weighted by Crippen LogP contribution is 2.42. The van der Waals surface area contributed by atoms with Crippen molar-refractivity contribution in [3.05, 3.63) is 51.4 Å². The predicted octanol–water partition coefficient (Wildman–Crippen LogP) is 1.34. The molecule has 0 unspecified atom stereocenters. The zero-order valence-corrected chi connectivity index (χ0v) is 18.7. The second kappa shape index (κ2) is 8.45. The summed E-state index contributed by atoms with van der Waals surface area (Å²) in [7, 11) is -3.84. The quantitative estimate of drug-likeness (QED) is 0.510. The number of sulfonamides is 1. The lowest BCUT2D eigenvalue weighted by molar-refractivity contribution is -0.144. The monoisotopic (exact) mass is 476 g/mol. The number of benzene rings is 1. The van der Waals surface area contributed by atoms with Crippen LogP contribution in [0.4, 0.5) is 5.69 Å². The number of nitrogens with zero attached hydrogens (tertiary/aromatic N) is 2. The topological polar surface area (TPSA) is 150 Å². The second-order valence-electron chi connectivity index (χ2n) is 7.26. The van der Waals surface area contributed by atoms with Gasteiger partial charge in [-0.15, -0.1) is 11.3 Å². The number of nitrogens with two attached hydrogens (primary N) is 1. The summed E-state index contributed by atoms with van der Waals surface area (Å²) in [6, 6.07) is 5.35. The molecule has 2 aromatic heterocycles. The number of hydrogen-bond acceptors (Lipinski definition) is 8. The van der Waals surface area contributed by atoms with Crippen molar-refractivity contribution in [2.75, 3.05) is 11.9 Å². The van der Waals surface area contributed by atoms with E-state index in [1.54, 1.807) is 6.92 Å². The predicted molar refractivity (Wildman–Crippen MR) is 118 cm³/mol. The fraction of sp³-hybridized carbons (Fsp3) is 0.300. The summed E-state index contributed by atoms with van der Waals surface area (Å²) in [6.45, 7) is 1.69. The molecule has 10 nitrogen and oxygen atoms in total. The first kappa shape index (κ1) is 22.1. The molecule has 1 amide bonds. The maximum absolute atomic E-state index is 13.1. The second-order valence-corrected chi connectivity index (χ2v) is 9.90. The van der Waals surface area contributed by atoms with Crippen LogP contribution in [0.3, 0.4) is 0 Å².